The van der Waals surface area contributed by atoms with Gasteiger partial charge in [-0.1, -0.05) is 18.2 Å². The van der Waals surface area contributed by atoms with Crippen LogP contribution in [0.3, 0.4) is 0 Å². The first-order chi connectivity index (χ1) is 18.9. The minimum absolute atomic E-state index is 0.134. The van der Waals surface area contributed by atoms with Crippen molar-refractivity contribution < 1.29 is 4.74 Å². The number of nitrogens with zero attached hydrogens (tertiary/aromatic N) is 6. The number of nitrogens with two attached hydrogens (primary N) is 1. The number of aromatic nitrogens is 2. The topological polar surface area (TPSA) is 107 Å². The van der Waals surface area contributed by atoms with Gasteiger partial charge in [0.2, 0.25) is 5.95 Å². The number of hydrogen-bond donors (Lipinski definition) is 2. The molecule has 3 heterocycles. The van der Waals surface area contributed by atoms with Gasteiger partial charge in [-0.25, -0.2) is 9.97 Å². The number of nitriles is 1. The second-order valence-corrected chi connectivity index (χ2v) is 10.7. The van der Waals surface area contributed by atoms with Gasteiger partial charge in [-0.2, -0.15) is 5.26 Å². The molecule has 1 atom stereocenters. The summed E-state index contributed by atoms with van der Waals surface area (Å²) in [6.07, 6.45) is 5.21. The van der Waals surface area contributed by atoms with E-state index in [-0.39, 0.29) is 5.92 Å². The summed E-state index contributed by atoms with van der Waals surface area (Å²) in [5, 5.41) is 12.6. The summed E-state index contributed by atoms with van der Waals surface area (Å²) >= 11 is 0. The Morgan fingerprint density at radius 1 is 1.23 bits per heavy atom. The largest absolute Gasteiger partial charge is 0.494 e. The first-order valence-corrected chi connectivity index (χ1v) is 13.6. The molecule has 0 spiro atoms. The average molecular weight is 527 g/mol. The molecule has 2 aliphatic heterocycles. The van der Waals surface area contributed by atoms with Crippen molar-refractivity contribution in [2.45, 2.75) is 31.6 Å². The van der Waals surface area contributed by atoms with Crippen molar-refractivity contribution in [2.24, 2.45) is 0 Å². The van der Waals surface area contributed by atoms with Crippen molar-refractivity contribution in [3.63, 3.8) is 0 Å². The molecule has 2 aromatic carbocycles. The predicted molar refractivity (Wildman–Crippen MR) is 157 cm³/mol. The van der Waals surface area contributed by atoms with Crippen molar-refractivity contribution >= 4 is 28.7 Å². The van der Waals surface area contributed by atoms with Gasteiger partial charge in [-0.15, -0.1) is 0 Å². The molecule has 0 saturated carbocycles. The van der Waals surface area contributed by atoms with E-state index in [1.807, 2.05) is 25.4 Å². The number of likely N-dealkylation sites (N-methyl/N-ethyl adjacent to an activating group) is 2. The molecule has 0 saturated heterocycles. The van der Waals surface area contributed by atoms with Crippen molar-refractivity contribution in [3.05, 3.63) is 58.9 Å². The van der Waals surface area contributed by atoms with E-state index in [2.05, 4.69) is 63.4 Å². The Hall–Kier alpha value is -4.03. The molecule has 9 nitrogen and oxygen atoms in total. The molecular weight excluding hydrogens is 488 g/mol. The Balaban J connectivity index is 1.48. The van der Waals surface area contributed by atoms with Crippen LogP contribution in [0.25, 0.3) is 0 Å². The molecule has 1 aromatic heterocycles. The third-order valence-corrected chi connectivity index (χ3v) is 7.74. The van der Waals surface area contributed by atoms with Gasteiger partial charge in [0.1, 0.15) is 5.75 Å². The standard InChI is InChI=1S/C30H38N8O/c1-36(2)14-15-37(3)26-17-27(39-4)25(16-24(26)32)34-30-33-18-21(9-6-12-31)28(35-30)23-19-38-13-7-10-20-8-5-11-22(23)29(20)38/h5,8,11,16-18,23H,6-7,9-10,13-15,19,32H2,1-4H3,(H,33,34,35). The summed E-state index contributed by atoms with van der Waals surface area (Å²) in [5.41, 5.74) is 14.9. The maximum atomic E-state index is 9.28. The Kier molecular flexibility index (Phi) is 7.75. The number of aryl methyl sites for hydroxylation is 2. The number of benzene rings is 2. The van der Waals surface area contributed by atoms with E-state index in [9.17, 15) is 5.26 Å². The van der Waals surface area contributed by atoms with Crippen molar-refractivity contribution in [1.82, 2.24) is 14.9 Å². The van der Waals surface area contributed by atoms with Crippen molar-refractivity contribution in [3.8, 4) is 11.8 Å². The second-order valence-electron chi connectivity index (χ2n) is 10.7. The number of nitrogen functional groups attached to an aromatic ring is 1. The first-order valence-electron chi connectivity index (χ1n) is 13.6. The van der Waals surface area contributed by atoms with E-state index in [1.54, 1.807) is 7.11 Å². The second kappa shape index (κ2) is 11.4. The maximum absolute atomic E-state index is 9.28. The Labute approximate surface area is 231 Å². The highest BCUT2D eigenvalue weighted by Gasteiger charge is 2.35. The first kappa shape index (κ1) is 26.6. The summed E-state index contributed by atoms with van der Waals surface area (Å²) in [6, 6.07) is 12.8. The molecule has 0 aliphatic carbocycles. The number of methoxy groups -OCH3 is 1. The molecule has 3 N–H and O–H groups in total. The normalized spacial score (nSPS) is 15.7. The summed E-state index contributed by atoms with van der Waals surface area (Å²) in [7, 11) is 7.79. The number of hydrogen-bond acceptors (Lipinski definition) is 9. The lowest BCUT2D eigenvalue weighted by atomic mass is 9.91. The van der Waals surface area contributed by atoms with Gasteiger partial charge in [-0.05, 0) is 56.1 Å². The Morgan fingerprint density at radius 2 is 2.08 bits per heavy atom. The van der Waals surface area contributed by atoms with Crippen LogP contribution in [0.1, 0.15) is 41.1 Å². The molecule has 5 rings (SSSR count). The van der Waals surface area contributed by atoms with Gasteiger partial charge in [0.25, 0.3) is 0 Å². The van der Waals surface area contributed by atoms with Crippen LogP contribution in [0.15, 0.2) is 36.5 Å². The number of anilines is 5. The van der Waals surface area contributed by atoms with Crippen LogP contribution in [0.2, 0.25) is 0 Å². The van der Waals surface area contributed by atoms with Gasteiger partial charge in [0.15, 0.2) is 0 Å². The molecule has 0 amide bonds. The van der Waals surface area contributed by atoms with E-state index >= 15 is 0 Å². The van der Waals surface area contributed by atoms with Crippen LogP contribution in [0.5, 0.6) is 5.75 Å². The number of nitrogens with one attached hydrogen (secondary N) is 1. The highest BCUT2D eigenvalue weighted by Crippen LogP contribution is 2.45. The van der Waals surface area contributed by atoms with Crippen molar-refractivity contribution in [2.75, 3.05) is 75.3 Å². The highest BCUT2D eigenvalue weighted by atomic mass is 16.5. The van der Waals surface area contributed by atoms with E-state index < -0.39 is 0 Å². The van der Waals surface area contributed by atoms with Crippen LogP contribution in [0, 0.1) is 11.3 Å². The van der Waals surface area contributed by atoms with Crippen molar-refractivity contribution in [1.29, 1.82) is 5.26 Å². The van der Waals surface area contributed by atoms with E-state index in [0.717, 1.165) is 49.5 Å². The Morgan fingerprint density at radius 3 is 2.85 bits per heavy atom. The fourth-order valence-corrected chi connectivity index (χ4v) is 5.73. The predicted octanol–water partition coefficient (Wildman–Crippen LogP) is 4.16. The van der Waals surface area contributed by atoms with Crippen LogP contribution in [-0.4, -0.2) is 69.3 Å². The summed E-state index contributed by atoms with van der Waals surface area (Å²) < 4.78 is 5.74. The summed E-state index contributed by atoms with van der Waals surface area (Å²) in [6.45, 7) is 3.71. The quantitative estimate of drug-likeness (QED) is 0.377. The molecule has 0 bridgehead atoms. The fraction of sp³-hybridized carbons (Fsp3) is 0.433. The number of rotatable bonds is 10. The van der Waals surface area contributed by atoms with E-state index in [0.29, 0.717) is 35.9 Å². The minimum atomic E-state index is 0.134. The van der Waals surface area contributed by atoms with Crippen LogP contribution in [-0.2, 0) is 12.8 Å². The molecule has 2 aliphatic rings. The molecule has 0 fully saturated rings. The zero-order valence-electron chi connectivity index (χ0n) is 23.4. The monoisotopic (exact) mass is 526 g/mol. The molecule has 0 radical (unpaired) electrons. The fourth-order valence-electron chi connectivity index (χ4n) is 5.73. The molecule has 39 heavy (non-hydrogen) atoms. The molecule has 9 heteroatoms. The third kappa shape index (κ3) is 5.43. The lowest BCUT2D eigenvalue weighted by molar-refractivity contribution is 0.413. The van der Waals surface area contributed by atoms with Gasteiger partial charge in [0, 0.05) is 63.5 Å². The number of ether oxygens (including phenoxy) is 1. The van der Waals surface area contributed by atoms with E-state index in [4.69, 9.17) is 15.5 Å². The van der Waals surface area contributed by atoms with E-state index in [1.165, 1.54) is 23.2 Å². The Bertz CT molecular complexity index is 1380. The smallest absolute Gasteiger partial charge is 0.227 e. The lowest BCUT2D eigenvalue weighted by Gasteiger charge is -2.27. The van der Waals surface area contributed by atoms with Crippen LogP contribution >= 0.6 is 0 Å². The highest BCUT2D eigenvalue weighted by molar-refractivity contribution is 5.79. The van der Waals surface area contributed by atoms with Gasteiger partial charge < -0.3 is 30.5 Å². The molecule has 3 aromatic rings. The zero-order valence-corrected chi connectivity index (χ0v) is 23.4. The molecular formula is C30H38N8O. The lowest BCUT2D eigenvalue weighted by Crippen LogP contribution is -2.29. The van der Waals surface area contributed by atoms with Crippen LogP contribution in [0.4, 0.5) is 28.7 Å². The maximum Gasteiger partial charge on any atom is 0.227 e. The molecule has 204 valence electrons. The summed E-state index contributed by atoms with van der Waals surface area (Å²) in [5.74, 6) is 1.29. The molecule has 1 unspecified atom stereocenters. The van der Waals surface area contributed by atoms with Crippen LogP contribution < -0.4 is 25.6 Å². The third-order valence-electron chi connectivity index (χ3n) is 7.74. The average Bonchev–Trinajstić information content (AvgIpc) is 3.31. The van der Waals surface area contributed by atoms with Gasteiger partial charge >= 0.3 is 0 Å². The zero-order chi connectivity index (χ0) is 27.5. The van der Waals surface area contributed by atoms with Gasteiger partial charge in [0.05, 0.1) is 35.9 Å². The minimum Gasteiger partial charge on any atom is -0.494 e. The van der Waals surface area contributed by atoms with Gasteiger partial charge in [-0.3, -0.25) is 0 Å². The number of para-hydroxylation sites is 1. The SMILES string of the molecule is COc1cc(N(C)CCN(C)C)c(N)cc1Nc1ncc(CCC#N)c(C2CN3CCCc4cccc2c43)n1. The summed E-state index contributed by atoms with van der Waals surface area (Å²) in [4.78, 5) is 16.5.